The summed E-state index contributed by atoms with van der Waals surface area (Å²) in [6.45, 7) is 2.54. The average molecular weight is 369 g/mol. The highest BCUT2D eigenvalue weighted by atomic mass is 79.9. The fourth-order valence-electron chi connectivity index (χ4n) is 2.75. The summed E-state index contributed by atoms with van der Waals surface area (Å²) in [5.74, 6) is 0. The molecule has 0 N–H and O–H groups in total. The standard InChI is InChI=1S/C17H13BrN4O/c1-2-21-15-10-12(18)8-7-11(15)9-16(17(21)23)22-19-13-5-3-4-6-14(13)20-22/h3-10H,2H2,1H3. The summed E-state index contributed by atoms with van der Waals surface area (Å²) in [5, 5.41) is 9.83. The molecule has 0 fully saturated rings. The van der Waals surface area contributed by atoms with E-state index in [9.17, 15) is 4.79 Å². The zero-order valence-corrected chi connectivity index (χ0v) is 14.0. The number of fused-ring (bicyclic) bond motifs is 2. The molecule has 2 aromatic carbocycles. The molecule has 0 saturated carbocycles. The van der Waals surface area contributed by atoms with Gasteiger partial charge in [0.1, 0.15) is 11.0 Å². The third-order valence-corrected chi connectivity index (χ3v) is 4.35. The number of pyridine rings is 1. The summed E-state index contributed by atoms with van der Waals surface area (Å²) in [5.41, 5.74) is 2.79. The van der Waals surface area contributed by atoms with Crippen molar-refractivity contribution in [1.82, 2.24) is 19.6 Å². The SMILES string of the molecule is CCn1c(=O)c(-n2nc3ccccc3n2)cc2ccc(Br)cc21. The van der Waals surface area contributed by atoms with E-state index in [1.165, 1.54) is 4.80 Å². The van der Waals surface area contributed by atoms with Gasteiger partial charge in [0.25, 0.3) is 5.56 Å². The highest BCUT2D eigenvalue weighted by Gasteiger charge is 2.13. The molecule has 23 heavy (non-hydrogen) atoms. The van der Waals surface area contributed by atoms with Crippen molar-refractivity contribution < 1.29 is 0 Å². The molecule has 0 saturated heterocycles. The Hall–Kier alpha value is -2.47. The van der Waals surface area contributed by atoms with Crippen molar-refractivity contribution in [3.8, 4) is 5.69 Å². The molecule has 0 atom stereocenters. The van der Waals surface area contributed by atoms with Crippen LogP contribution in [-0.4, -0.2) is 19.6 Å². The molecule has 114 valence electrons. The predicted molar refractivity (Wildman–Crippen MR) is 94.0 cm³/mol. The minimum Gasteiger partial charge on any atom is -0.307 e. The summed E-state index contributed by atoms with van der Waals surface area (Å²) in [6.07, 6.45) is 0. The Morgan fingerprint density at radius 1 is 1.04 bits per heavy atom. The highest BCUT2D eigenvalue weighted by Crippen LogP contribution is 2.21. The van der Waals surface area contributed by atoms with E-state index >= 15 is 0 Å². The maximum atomic E-state index is 12.8. The van der Waals surface area contributed by atoms with Gasteiger partial charge in [0.05, 0.1) is 5.52 Å². The van der Waals surface area contributed by atoms with Crippen LogP contribution in [0.1, 0.15) is 6.92 Å². The molecule has 0 aliphatic heterocycles. The lowest BCUT2D eigenvalue weighted by atomic mass is 10.2. The second kappa shape index (κ2) is 5.31. The molecule has 4 aromatic rings. The van der Waals surface area contributed by atoms with Gasteiger partial charge >= 0.3 is 0 Å². The topological polar surface area (TPSA) is 52.7 Å². The van der Waals surface area contributed by atoms with Gasteiger partial charge < -0.3 is 4.57 Å². The zero-order valence-electron chi connectivity index (χ0n) is 12.4. The van der Waals surface area contributed by atoms with E-state index in [1.54, 1.807) is 4.57 Å². The minimum atomic E-state index is -0.0987. The second-order valence-electron chi connectivity index (χ2n) is 5.26. The Morgan fingerprint density at radius 3 is 2.39 bits per heavy atom. The zero-order chi connectivity index (χ0) is 16.0. The van der Waals surface area contributed by atoms with Crippen LogP contribution in [0.4, 0.5) is 0 Å². The van der Waals surface area contributed by atoms with Crippen LogP contribution in [0.5, 0.6) is 0 Å². The summed E-state index contributed by atoms with van der Waals surface area (Å²) in [6, 6.07) is 15.3. The van der Waals surface area contributed by atoms with E-state index in [1.807, 2.05) is 55.5 Å². The lowest BCUT2D eigenvalue weighted by Crippen LogP contribution is -2.25. The number of halogens is 1. The van der Waals surface area contributed by atoms with Crippen LogP contribution in [0.3, 0.4) is 0 Å². The van der Waals surface area contributed by atoms with Crippen LogP contribution in [0, 0.1) is 0 Å². The van der Waals surface area contributed by atoms with Crippen LogP contribution in [0.15, 0.2) is 57.8 Å². The molecule has 2 aromatic heterocycles. The Balaban J connectivity index is 2.05. The van der Waals surface area contributed by atoms with Crippen LogP contribution in [0.25, 0.3) is 27.6 Å². The second-order valence-corrected chi connectivity index (χ2v) is 6.18. The van der Waals surface area contributed by atoms with Gasteiger partial charge in [-0.15, -0.1) is 15.0 Å². The number of hydrogen-bond acceptors (Lipinski definition) is 3. The Labute approximate surface area is 140 Å². The molecular weight excluding hydrogens is 356 g/mol. The summed E-state index contributed by atoms with van der Waals surface area (Å²) < 4.78 is 2.69. The van der Waals surface area contributed by atoms with Gasteiger partial charge in [0.2, 0.25) is 0 Å². The van der Waals surface area contributed by atoms with E-state index in [0.29, 0.717) is 12.2 Å². The summed E-state index contributed by atoms with van der Waals surface area (Å²) >= 11 is 3.46. The van der Waals surface area contributed by atoms with E-state index in [2.05, 4.69) is 26.1 Å². The number of nitrogens with zero attached hydrogens (tertiary/aromatic N) is 4. The van der Waals surface area contributed by atoms with Gasteiger partial charge in [0, 0.05) is 16.4 Å². The predicted octanol–water partition coefficient (Wildman–Crippen LogP) is 3.52. The van der Waals surface area contributed by atoms with Gasteiger partial charge in [-0.3, -0.25) is 4.79 Å². The molecule has 5 nitrogen and oxygen atoms in total. The van der Waals surface area contributed by atoms with E-state index in [0.717, 1.165) is 26.4 Å². The van der Waals surface area contributed by atoms with Crippen LogP contribution in [0.2, 0.25) is 0 Å². The van der Waals surface area contributed by atoms with Crippen molar-refractivity contribution in [2.45, 2.75) is 13.5 Å². The van der Waals surface area contributed by atoms with Gasteiger partial charge in [-0.2, -0.15) is 0 Å². The Kier molecular flexibility index (Phi) is 3.27. The van der Waals surface area contributed by atoms with E-state index < -0.39 is 0 Å². The number of hydrogen-bond donors (Lipinski definition) is 0. The maximum absolute atomic E-state index is 12.8. The molecule has 0 unspecified atom stereocenters. The summed E-state index contributed by atoms with van der Waals surface area (Å²) in [7, 11) is 0. The van der Waals surface area contributed by atoms with Crippen molar-refractivity contribution in [2.24, 2.45) is 0 Å². The monoisotopic (exact) mass is 368 g/mol. The van der Waals surface area contributed by atoms with E-state index in [4.69, 9.17) is 0 Å². The normalized spacial score (nSPS) is 11.4. The summed E-state index contributed by atoms with van der Waals surface area (Å²) in [4.78, 5) is 14.3. The molecule has 0 amide bonds. The smallest absolute Gasteiger partial charge is 0.278 e. The molecule has 0 bridgehead atoms. The lowest BCUT2D eigenvalue weighted by molar-refractivity contribution is 0.708. The molecular formula is C17H13BrN4O. The molecule has 0 spiro atoms. The average Bonchev–Trinajstić information content (AvgIpc) is 2.98. The van der Waals surface area contributed by atoms with Crippen molar-refractivity contribution in [3.05, 3.63) is 63.4 Å². The maximum Gasteiger partial charge on any atom is 0.278 e. The number of benzene rings is 2. The first-order valence-corrected chi connectivity index (χ1v) is 8.12. The quantitative estimate of drug-likeness (QED) is 0.543. The number of aryl methyl sites for hydroxylation is 1. The lowest BCUT2D eigenvalue weighted by Gasteiger charge is -2.10. The van der Waals surface area contributed by atoms with Gasteiger partial charge in [-0.05, 0) is 37.3 Å². The third kappa shape index (κ3) is 2.26. The largest absolute Gasteiger partial charge is 0.307 e. The van der Waals surface area contributed by atoms with Crippen molar-refractivity contribution in [3.63, 3.8) is 0 Å². The molecule has 6 heteroatoms. The van der Waals surface area contributed by atoms with E-state index in [-0.39, 0.29) is 5.56 Å². The molecule has 0 aliphatic rings. The van der Waals surface area contributed by atoms with Crippen LogP contribution in [-0.2, 0) is 6.54 Å². The van der Waals surface area contributed by atoms with Crippen LogP contribution >= 0.6 is 15.9 Å². The first-order chi connectivity index (χ1) is 11.2. The van der Waals surface area contributed by atoms with Gasteiger partial charge in [0.15, 0.2) is 5.69 Å². The Morgan fingerprint density at radius 2 is 1.74 bits per heavy atom. The number of aromatic nitrogens is 4. The van der Waals surface area contributed by atoms with Crippen LogP contribution < -0.4 is 5.56 Å². The fraction of sp³-hybridized carbons (Fsp3) is 0.118. The molecule has 2 heterocycles. The number of rotatable bonds is 2. The molecule has 4 rings (SSSR count). The third-order valence-electron chi connectivity index (χ3n) is 3.86. The minimum absolute atomic E-state index is 0.0987. The molecule has 0 aliphatic carbocycles. The van der Waals surface area contributed by atoms with Crippen molar-refractivity contribution >= 4 is 37.9 Å². The van der Waals surface area contributed by atoms with Gasteiger partial charge in [-0.25, -0.2) is 0 Å². The fourth-order valence-corrected chi connectivity index (χ4v) is 3.10. The van der Waals surface area contributed by atoms with Gasteiger partial charge in [-0.1, -0.05) is 34.1 Å². The highest BCUT2D eigenvalue weighted by molar-refractivity contribution is 9.10. The van der Waals surface area contributed by atoms with Crippen molar-refractivity contribution in [1.29, 1.82) is 0 Å². The first kappa shape index (κ1) is 14.1. The first-order valence-electron chi connectivity index (χ1n) is 7.33. The van der Waals surface area contributed by atoms with Crippen molar-refractivity contribution in [2.75, 3.05) is 0 Å². The Bertz CT molecular complexity index is 1060. The molecule has 0 radical (unpaired) electrons.